The SMILES string of the molecule is CC[C@@H]([N-]c1cc(=O)[nH]c(C(C)(C)c2ccc(OC)cc2)n1)c1ccc(SC(F)(F)F)c(F)c1.[K+]. The third kappa shape index (κ3) is 7.80. The molecule has 0 fully saturated rings. The number of nitrogens with one attached hydrogen (secondary N) is 1. The number of hydrogen-bond donors (Lipinski definition) is 1. The minimum absolute atomic E-state index is 0. The maximum atomic E-state index is 14.3. The molecule has 35 heavy (non-hydrogen) atoms. The number of hydrogen-bond acceptors (Lipinski definition) is 4. The van der Waals surface area contributed by atoms with Gasteiger partial charge in [-0.3, -0.25) is 4.79 Å². The van der Waals surface area contributed by atoms with Crippen molar-refractivity contribution >= 4 is 17.6 Å². The van der Waals surface area contributed by atoms with E-state index in [-0.39, 0.29) is 57.2 Å². The molecule has 1 heterocycles. The Bertz CT molecular complexity index is 1200. The molecule has 0 saturated heterocycles. The summed E-state index contributed by atoms with van der Waals surface area (Å²) in [4.78, 5) is 19.2. The molecule has 1 atom stereocenters. The van der Waals surface area contributed by atoms with Crippen LogP contribution in [0.5, 0.6) is 5.75 Å². The molecular formula is C24H24F4KN3O2S. The van der Waals surface area contributed by atoms with Gasteiger partial charge in [-0.15, -0.1) is 0 Å². The molecule has 11 heteroatoms. The van der Waals surface area contributed by atoms with E-state index in [2.05, 4.69) is 15.3 Å². The minimum Gasteiger partial charge on any atom is -0.497 e. The molecule has 2 aromatic carbocycles. The minimum atomic E-state index is -4.58. The van der Waals surface area contributed by atoms with Crippen LogP contribution in [-0.4, -0.2) is 22.6 Å². The molecule has 3 aromatic rings. The molecule has 0 aliphatic heterocycles. The van der Waals surface area contributed by atoms with Gasteiger partial charge in [-0.05, 0) is 59.6 Å². The standard InChI is InChI=1S/C24H25F4N3O2S.K/c1-5-18(14-6-11-19(17(25)12-14)34-24(26,27)28)29-20-13-21(32)31-22(30-20)23(2,3)15-7-9-16(33-4)10-8-15;/h6-13,18H,5H2,1-4H3,(H2,29,30,31,32);/q;+1/p-1/t18-;/m1./s1. The molecule has 1 aromatic heterocycles. The van der Waals surface area contributed by atoms with E-state index in [1.54, 1.807) is 14.0 Å². The van der Waals surface area contributed by atoms with Gasteiger partial charge in [0.1, 0.15) is 11.6 Å². The van der Waals surface area contributed by atoms with Crippen molar-refractivity contribution in [2.45, 2.75) is 49.1 Å². The predicted molar refractivity (Wildman–Crippen MR) is 124 cm³/mol. The van der Waals surface area contributed by atoms with Gasteiger partial charge in [0, 0.05) is 17.3 Å². The number of rotatable bonds is 8. The summed E-state index contributed by atoms with van der Waals surface area (Å²) in [6.07, 6.45) is 0.427. The summed E-state index contributed by atoms with van der Waals surface area (Å²) < 4.78 is 57.3. The van der Waals surface area contributed by atoms with Gasteiger partial charge >= 0.3 is 56.9 Å². The van der Waals surface area contributed by atoms with E-state index >= 15 is 0 Å². The first-order chi connectivity index (χ1) is 15.9. The Labute approximate surface area is 247 Å². The van der Waals surface area contributed by atoms with Crippen LogP contribution in [-0.2, 0) is 5.41 Å². The molecule has 0 unspecified atom stereocenters. The van der Waals surface area contributed by atoms with Gasteiger partial charge in [-0.1, -0.05) is 44.8 Å². The van der Waals surface area contributed by atoms with Gasteiger partial charge in [0.05, 0.1) is 12.0 Å². The predicted octanol–water partition coefficient (Wildman–Crippen LogP) is 4.02. The van der Waals surface area contributed by atoms with Gasteiger partial charge in [0.25, 0.3) is 0 Å². The fourth-order valence-electron chi connectivity index (χ4n) is 3.44. The van der Waals surface area contributed by atoms with E-state index in [1.807, 2.05) is 38.1 Å². The maximum Gasteiger partial charge on any atom is 1.00 e. The zero-order chi connectivity index (χ0) is 25.1. The normalized spacial score (nSPS) is 12.6. The van der Waals surface area contributed by atoms with Crippen LogP contribution in [0.25, 0.3) is 5.32 Å². The van der Waals surface area contributed by atoms with E-state index in [4.69, 9.17) is 4.74 Å². The quantitative estimate of drug-likeness (QED) is 0.270. The number of halogens is 4. The van der Waals surface area contributed by atoms with Crippen LogP contribution in [0.4, 0.5) is 23.4 Å². The van der Waals surface area contributed by atoms with Gasteiger partial charge in [-0.25, -0.2) is 4.39 Å². The second-order valence-electron chi connectivity index (χ2n) is 8.10. The van der Waals surface area contributed by atoms with E-state index in [0.29, 0.717) is 23.6 Å². The van der Waals surface area contributed by atoms with Crippen molar-refractivity contribution in [2.24, 2.45) is 0 Å². The molecular weight excluding hydrogens is 509 g/mol. The zero-order valence-electron chi connectivity index (χ0n) is 20.0. The Morgan fingerprint density at radius 2 is 1.77 bits per heavy atom. The summed E-state index contributed by atoms with van der Waals surface area (Å²) >= 11 is -0.505. The number of alkyl halides is 3. The Hall–Kier alpha value is -1.37. The maximum absolute atomic E-state index is 14.3. The van der Waals surface area contributed by atoms with Gasteiger partial charge < -0.3 is 20.0 Å². The molecule has 0 bridgehead atoms. The molecule has 0 aliphatic carbocycles. The van der Waals surface area contributed by atoms with Crippen molar-refractivity contribution in [3.63, 3.8) is 0 Å². The number of thioether (sulfide) groups is 1. The van der Waals surface area contributed by atoms with E-state index in [0.717, 1.165) is 17.7 Å². The first-order valence-corrected chi connectivity index (χ1v) is 11.3. The Morgan fingerprint density at radius 3 is 2.31 bits per heavy atom. The van der Waals surface area contributed by atoms with Crippen molar-refractivity contribution in [3.8, 4) is 5.75 Å². The summed E-state index contributed by atoms with van der Waals surface area (Å²) in [5.41, 5.74) is -4.37. The van der Waals surface area contributed by atoms with Crippen LogP contribution in [0.2, 0.25) is 0 Å². The molecule has 3 rings (SSSR count). The number of H-pyrrole nitrogens is 1. The van der Waals surface area contributed by atoms with Crippen molar-refractivity contribution in [1.29, 1.82) is 0 Å². The molecule has 0 spiro atoms. The van der Waals surface area contributed by atoms with Crippen LogP contribution in [0.15, 0.2) is 58.2 Å². The van der Waals surface area contributed by atoms with Gasteiger partial charge in [0.15, 0.2) is 0 Å². The summed E-state index contributed by atoms with van der Waals surface area (Å²) in [5.74, 6) is 0.263. The number of benzene rings is 2. The summed E-state index contributed by atoms with van der Waals surface area (Å²) in [5, 5.41) is 4.50. The topological polar surface area (TPSA) is 69.1 Å². The van der Waals surface area contributed by atoms with Crippen LogP contribution < -0.4 is 61.7 Å². The third-order valence-electron chi connectivity index (χ3n) is 5.37. The Balaban J connectivity index is 0.00000432. The number of nitrogens with zero attached hydrogens (tertiary/aromatic N) is 2. The van der Waals surface area contributed by atoms with E-state index in [9.17, 15) is 22.4 Å². The van der Waals surface area contributed by atoms with Crippen molar-refractivity contribution in [1.82, 2.24) is 9.97 Å². The monoisotopic (exact) mass is 533 g/mol. The fraction of sp³-hybridized carbons (Fsp3) is 0.333. The number of aromatic amines is 1. The Morgan fingerprint density at radius 1 is 1.11 bits per heavy atom. The van der Waals surface area contributed by atoms with Gasteiger partial charge in [0.2, 0.25) is 5.56 Å². The van der Waals surface area contributed by atoms with Crippen LogP contribution in [0.3, 0.4) is 0 Å². The first-order valence-electron chi connectivity index (χ1n) is 10.5. The largest absolute Gasteiger partial charge is 1.00 e. The summed E-state index contributed by atoms with van der Waals surface area (Å²) in [6.45, 7) is 5.61. The van der Waals surface area contributed by atoms with Crippen molar-refractivity contribution < 1.29 is 73.7 Å². The number of ether oxygens (including phenoxy) is 1. The van der Waals surface area contributed by atoms with Gasteiger partial charge in [-0.2, -0.15) is 13.2 Å². The fourth-order valence-corrected chi connectivity index (χ4v) is 3.99. The number of methoxy groups -OCH3 is 1. The molecule has 0 aliphatic rings. The smallest absolute Gasteiger partial charge is 0.497 e. The zero-order valence-corrected chi connectivity index (χ0v) is 24.0. The summed E-state index contributed by atoms with van der Waals surface area (Å²) in [7, 11) is 1.57. The van der Waals surface area contributed by atoms with E-state index in [1.165, 1.54) is 12.1 Å². The van der Waals surface area contributed by atoms with E-state index < -0.39 is 45.0 Å². The Kier molecular flexibility index (Phi) is 10.4. The molecule has 0 radical (unpaired) electrons. The molecule has 0 saturated carbocycles. The molecule has 1 N–H and O–H groups in total. The van der Waals surface area contributed by atoms with Crippen LogP contribution in [0, 0.1) is 5.82 Å². The molecule has 0 amide bonds. The van der Waals surface area contributed by atoms with Crippen LogP contribution >= 0.6 is 11.8 Å². The second kappa shape index (κ2) is 12.2. The number of aromatic nitrogens is 2. The van der Waals surface area contributed by atoms with Crippen molar-refractivity contribution in [3.05, 3.63) is 87.0 Å². The first kappa shape index (κ1) is 29.9. The average Bonchev–Trinajstić information content (AvgIpc) is 2.77. The molecule has 5 nitrogen and oxygen atoms in total. The average molecular weight is 534 g/mol. The molecule has 182 valence electrons. The summed E-state index contributed by atoms with van der Waals surface area (Å²) in [6, 6.07) is 11.6. The second-order valence-corrected chi connectivity index (χ2v) is 9.20. The third-order valence-corrected chi connectivity index (χ3v) is 6.16. The van der Waals surface area contributed by atoms with Crippen LogP contribution in [0.1, 0.15) is 50.2 Å². The van der Waals surface area contributed by atoms with Crippen molar-refractivity contribution in [2.75, 3.05) is 7.11 Å².